The first-order chi connectivity index (χ1) is 14.5. The zero-order chi connectivity index (χ0) is 21.1. The summed E-state index contributed by atoms with van der Waals surface area (Å²) in [6.45, 7) is 3.52. The molecule has 4 aromatic rings. The molecule has 0 spiro atoms. The van der Waals surface area contributed by atoms with Crippen LogP contribution in [-0.2, 0) is 0 Å². The Hall–Kier alpha value is -4.07. The van der Waals surface area contributed by atoms with Crippen LogP contribution in [0.4, 0.5) is 10.1 Å². The first-order valence-corrected chi connectivity index (χ1v) is 9.19. The third kappa shape index (κ3) is 4.17. The van der Waals surface area contributed by atoms with Crippen molar-refractivity contribution in [2.45, 2.75) is 13.8 Å². The number of carbonyl (C=O) groups excluding carboxylic acids is 1. The highest BCUT2D eigenvalue weighted by Gasteiger charge is 2.09. The van der Waals surface area contributed by atoms with Gasteiger partial charge >= 0.3 is 0 Å². The normalized spacial score (nSPS) is 10.6. The molecule has 1 N–H and O–H groups in total. The second kappa shape index (κ2) is 8.12. The van der Waals surface area contributed by atoms with Gasteiger partial charge in [-0.2, -0.15) is 0 Å². The molecule has 0 saturated heterocycles. The molecule has 0 fully saturated rings. The van der Waals surface area contributed by atoms with E-state index in [0.717, 1.165) is 5.82 Å². The number of halogens is 1. The molecule has 1 amide bonds. The molecule has 7 nitrogen and oxygen atoms in total. The number of carbonyl (C=O) groups is 1. The minimum atomic E-state index is -0.415. The van der Waals surface area contributed by atoms with Gasteiger partial charge in [-0.3, -0.25) is 9.36 Å². The number of nitrogens with one attached hydrogen (secondary N) is 1. The lowest BCUT2D eigenvalue weighted by molar-refractivity contribution is 0.102. The number of aromatic nitrogens is 4. The molecule has 30 heavy (non-hydrogen) atoms. The predicted octanol–water partition coefficient (Wildman–Crippen LogP) is 4.46. The molecular weight excluding hydrogens is 385 g/mol. The van der Waals surface area contributed by atoms with Crippen LogP contribution in [0.15, 0.2) is 67.0 Å². The predicted molar refractivity (Wildman–Crippen MR) is 109 cm³/mol. The van der Waals surface area contributed by atoms with E-state index in [9.17, 15) is 9.18 Å². The monoisotopic (exact) mass is 403 g/mol. The Balaban J connectivity index is 1.40. The standard InChI is InChI=1S/C22H18FN5O2/c1-14-3-4-16(13-19(14)23)22(29)25-17-5-7-18(8-6-17)30-21-10-9-20(26-27-21)28-12-11-24-15(28)2/h3-13H,1-2H3,(H,25,29). The number of amides is 1. The number of aryl methyl sites for hydroxylation is 2. The van der Waals surface area contributed by atoms with E-state index in [4.69, 9.17) is 4.74 Å². The molecule has 4 rings (SSSR count). The topological polar surface area (TPSA) is 81.9 Å². The third-order valence-corrected chi connectivity index (χ3v) is 4.47. The first kappa shape index (κ1) is 19.3. The van der Waals surface area contributed by atoms with Crippen molar-refractivity contribution >= 4 is 11.6 Å². The smallest absolute Gasteiger partial charge is 0.255 e. The van der Waals surface area contributed by atoms with E-state index in [-0.39, 0.29) is 11.5 Å². The van der Waals surface area contributed by atoms with Gasteiger partial charge in [0.15, 0.2) is 5.82 Å². The highest BCUT2D eigenvalue weighted by Crippen LogP contribution is 2.22. The molecule has 0 aliphatic rings. The maximum atomic E-state index is 13.7. The molecular formula is C22H18FN5O2. The minimum Gasteiger partial charge on any atom is -0.438 e. The van der Waals surface area contributed by atoms with Crippen molar-refractivity contribution in [1.82, 2.24) is 19.7 Å². The maximum Gasteiger partial charge on any atom is 0.255 e. The summed E-state index contributed by atoms with van der Waals surface area (Å²) in [4.78, 5) is 16.4. The van der Waals surface area contributed by atoms with E-state index in [1.807, 2.05) is 11.5 Å². The van der Waals surface area contributed by atoms with Gasteiger partial charge in [0.25, 0.3) is 5.91 Å². The molecule has 2 aromatic carbocycles. The SMILES string of the molecule is Cc1ccc(C(=O)Nc2ccc(Oc3ccc(-n4ccnc4C)nn3)cc2)cc1F. The zero-order valence-electron chi connectivity index (χ0n) is 16.3. The van der Waals surface area contributed by atoms with Gasteiger partial charge in [-0.05, 0) is 61.9 Å². The Labute approximate surface area is 172 Å². The largest absolute Gasteiger partial charge is 0.438 e. The summed E-state index contributed by atoms with van der Waals surface area (Å²) in [5.41, 5.74) is 1.30. The van der Waals surface area contributed by atoms with E-state index >= 15 is 0 Å². The fourth-order valence-electron chi connectivity index (χ4n) is 2.78. The van der Waals surface area contributed by atoms with Gasteiger partial charge in [0.1, 0.15) is 17.4 Å². The summed E-state index contributed by atoms with van der Waals surface area (Å²) in [6, 6.07) is 14.6. The first-order valence-electron chi connectivity index (χ1n) is 9.19. The molecule has 0 aliphatic carbocycles. The number of anilines is 1. The van der Waals surface area contributed by atoms with Crippen molar-refractivity contribution in [1.29, 1.82) is 0 Å². The number of nitrogens with zero attached hydrogens (tertiary/aromatic N) is 4. The van der Waals surface area contributed by atoms with Crippen LogP contribution in [0.1, 0.15) is 21.7 Å². The number of benzene rings is 2. The quantitative estimate of drug-likeness (QED) is 0.532. The number of hydrogen-bond acceptors (Lipinski definition) is 5. The second-order valence-electron chi connectivity index (χ2n) is 6.62. The van der Waals surface area contributed by atoms with Crippen LogP contribution in [0.3, 0.4) is 0 Å². The maximum absolute atomic E-state index is 13.7. The fourth-order valence-corrected chi connectivity index (χ4v) is 2.78. The van der Waals surface area contributed by atoms with Crippen LogP contribution in [0.5, 0.6) is 11.6 Å². The molecule has 0 saturated carbocycles. The van der Waals surface area contributed by atoms with E-state index in [1.165, 1.54) is 6.07 Å². The zero-order valence-corrected chi connectivity index (χ0v) is 16.3. The van der Waals surface area contributed by atoms with Gasteiger partial charge < -0.3 is 10.1 Å². The molecule has 0 unspecified atom stereocenters. The molecule has 2 aromatic heterocycles. The Morgan fingerprint density at radius 1 is 1.03 bits per heavy atom. The number of rotatable bonds is 5. The van der Waals surface area contributed by atoms with E-state index in [2.05, 4.69) is 20.5 Å². The van der Waals surface area contributed by atoms with E-state index < -0.39 is 5.82 Å². The summed E-state index contributed by atoms with van der Waals surface area (Å²) in [5, 5.41) is 10.9. The Kier molecular flexibility index (Phi) is 5.21. The van der Waals surface area contributed by atoms with Crippen LogP contribution < -0.4 is 10.1 Å². The highest BCUT2D eigenvalue weighted by atomic mass is 19.1. The van der Waals surface area contributed by atoms with Crippen molar-refractivity contribution in [3.05, 3.63) is 89.8 Å². The summed E-state index contributed by atoms with van der Waals surface area (Å²) >= 11 is 0. The Morgan fingerprint density at radius 3 is 2.47 bits per heavy atom. The van der Waals surface area contributed by atoms with Gasteiger partial charge in [0.2, 0.25) is 5.88 Å². The summed E-state index contributed by atoms with van der Waals surface area (Å²) < 4.78 is 21.2. The number of hydrogen-bond donors (Lipinski definition) is 1. The average Bonchev–Trinajstić information content (AvgIpc) is 3.18. The van der Waals surface area contributed by atoms with Crippen molar-refractivity contribution in [3.63, 3.8) is 0 Å². The lowest BCUT2D eigenvalue weighted by atomic mass is 10.1. The Morgan fingerprint density at radius 2 is 1.83 bits per heavy atom. The molecule has 0 radical (unpaired) electrons. The third-order valence-electron chi connectivity index (χ3n) is 4.47. The van der Waals surface area contributed by atoms with E-state index in [1.54, 1.807) is 67.8 Å². The van der Waals surface area contributed by atoms with Gasteiger partial charge in [-0.1, -0.05) is 6.07 Å². The van der Waals surface area contributed by atoms with Gasteiger partial charge in [0.05, 0.1) is 0 Å². The molecule has 150 valence electrons. The van der Waals surface area contributed by atoms with Crippen LogP contribution in [0.25, 0.3) is 5.82 Å². The van der Waals surface area contributed by atoms with Crippen LogP contribution in [0.2, 0.25) is 0 Å². The minimum absolute atomic E-state index is 0.252. The van der Waals surface area contributed by atoms with Gasteiger partial charge in [-0.25, -0.2) is 9.37 Å². The van der Waals surface area contributed by atoms with Crippen LogP contribution in [0, 0.1) is 19.7 Å². The number of ether oxygens (including phenoxy) is 1. The highest BCUT2D eigenvalue weighted by molar-refractivity contribution is 6.04. The van der Waals surface area contributed by atoms with Crippen molar-refractivity contribution in [2.24, 2.45) is 0 Å². The van der Waals surface area contributed by atoms with Gasteiger partial charge in [-0.15, -0.1) is 10.2 Å². The summed E-state index contributed by atoms with van der Waals surface area (Å²) in [5.74, 6) is 1.52. The summed E-state index contributed by atoms with van der Waals surface area (Å²) in [6.07, 6.45) is 3.50. The van der Waals surface area contributed by atoms with Crippen molar-refractivity contribution in [2.75, 3.05) is 5.32 Å². The van der Waals surface area contributed by atoms with E-state index in [0.29, 0.717) is 28.7 Å². The molecule has 2 heterocycles. The Bertz CT molecular complexity index is 1190. The summed E-state index contributed by atoms with van der Waals surface area (Å²) in [7, 11) is 0. The molecule has 0 atom stereocenters. The molecule has 8 heteroatoms. The molecule has 0 aliphatic heterocycles. The number of imidazole rings is 1. The van der Waals surface area contributed by atoms with Crippen molar-refractivity contribution < 1.29 is 13.9 Å². The van der Waals surface area contributed by atoms with Crippen LogP contribution >= 0.6 is 0 Å². The fraction of sp³-hybridized carbons (Fsp3) is 0.0909. The lowest BCUT2D eigenvalue weighted by Gasteiger charge is -2.08. The van der Waals surface area contributed by atoms with Crippen molar-refractivity contribution in [3.8, 4) is 17.4 Å². The average molecular weight is 403 g/mol. The second-order valence-corrected chi connectivity index (χ2v) is 6.62. The van der Waals surface area contributed by atoms with Crippen LogP contribution in [-0.4, -0.2) is 25.7 Å². The lowest BCUT2D eigenvalue weighted by Crippen LogP contribution is -2.12. The van der Waals surface area contributed by atoms with Gasteiger partial charge in [0, 0.05) is 29.7 Å². The molecule has 0 bridgehead atoms.